The molecule has 1 aromatic heterocycles. The normalized spacial score (nSPS) is 10.9. The van der Waals surface area contributed by atoms with Crippen molar-refractivity contribution in [3.63, 3.8) is 0 Å². The van der Waals surface area contributed by atoms with E-state index in [9.17, 15) is 4.79 Å². The summed E-state index contributed by atoms with van der Waals surface area (Å²) in [5.74, 6) is 0.781. The second-order valence-electron chi connectivity index (χ2n) is 8.60. The molecule has 4 rings (SSSR count). The first-order valence-electron chi connectivity index (χ1n) is 11.1. The predicted octanol–water partition coefficient (Wildman–Crippen LogP) is 6.20. The molecule has 6 nitrogen and oxygen atoms in total. The van der Waals surface area contributed by atoms with E-state index in [1.165, 1.54) is 0 Å². The number of oxazole rings is 1. The molecule has 0 unspecified atom stereocenters. The Bertz CT molecular complexity index is 1390. The zero-order valence-corrected chi connectivity index (χ0v) is 21.6. The Labute approximate surface area is 214 Å². The van der Waals surface area contributed by atoms with E-state index in [2.05, 4.69) is 21.7 Å². The van der Waals surface area contributed by atoms with Crippen molar-refractivity contribution in [1.29, 1.82) is 0 Å². The predicted molar refractivity (Wildman–Crippen MR) is 144 cm³/mol. The first kappa shape index (κ1) is 24.7. The van der Waals surface area contributed by atoms with Gasteiger partial charge in [0.2, 0.25) is 0 Å². The summed E-state index contributed by atoms with van der Waals surface area (Å²) in [6.07, 6.45) is 0.576. The monoisotopic (exact) mass is 507 g/mol. The number of hydrogen-bond donors (Lipinski definition) is 2. The summed E-state index contributed by atoms with van der Waals surface area (Å²) >= 11 is 11.5. The minimum absolute atomic E-state index is 0.183. The van der Waals surface area contributed by atoms with Crippen LogP contribution in [0.1, 0.15) is 33.7 Å². The van der Waals surface area contributed by atoms with E-state index in [-0.39, 0.29) is 17.6 Å². The maximum Gasteiger partial charge on any atom is 0.264 e. The Kier molecular flexibility index (Phi) is 7.38. The summed E-state index contributed by atoms with van der Waals surface area (Å²) in [5.41, 5.74) is 7.64. The number of anilines is 1. The molecule has 0 fully saturated rings. The molecule has 8 heteroatoms. The highest BCUT2D eigenvalue weighted by Gasteiger charge is 2.12. The van der Waals surface area contributed by atoms with Crippen LogP contribution in [-0.4, -0.2) is 22.6 Å². The van der Waals surface area contributed by atoms with Gasteiger partial charge in [-0.05, 0) is 92.0 Å². The van der Waals surface area contributed by atoms with Gasteiger partial charge in [-0.2, -0.15) is 0 Å². The highest BCUT2D eigenvalue weighted by atomic mass is 35.5. The number of rotatable bonds is 6. The van der Waals surface area contributed by atoms with Gasteiger partial charge in [-0.1, -0.05) is 35.9 Å². The third kappa shape index (κ3) is 6.18. The molecule has 0 spiro atoms. The zero-order chi connectivity index (χ0) is 25.1. The molecule has 3 aromatic carbocycles. The van der Waals surface area contributed by atoms with Crippen LogP contribution in [0.5, 0.6) is 5.75 Å². The third-order valence-corrected chi connectivity index (χ3v) is 5.89. The van der Waals surface area contributed by atoms with Crippen molar-refractivity contribution in [3.8, 4) is 5.75 Å². The van der Waals surface area contributed by atoms with E-state index in [0.29, 0.717) is 23.1 Å². The molecule has 2 N–H and O–H groups in total. The second kappa shape index (κ2) is 10.5. The smallest absolute Gasteiger partial charge is 0.264 e. The Morgan fingerprint density at radius 2 is 1.71 bits per heavy atom. The molecule has 0 aliphatic heterocycles. The maximum atomic E-state index is 12.3. The molecule has 0 bridgehead atoms. The van der Waals surface area contributed by atoms with Crippen LogP contribution in [0.4, 0.5) is 5.69 Å². The standard InChI is InChI=1S/C27H26ClN3O3S/c1-15-9-17(3)25(21(28)11-15)33-14-23(32)31-27(35)29-20-7-5-19(6-8-20)13-24-30-22-12-16(2)10-18(4)26(22)34-24/h5-12H,13-14H2,1-4H3,(H2,29,31,32,35). The number of carbonyl (C=O) groups excluding carboxylic acids is 1. The number of nitrogens with zero attached hydrogens (tertiary/aromatic N) is 1. The van der Waals surface area contributed by atoms with E-state index in [1.807, 2.05) is 64.1 Å². The number of benzene rings is 3. The average Bonchev–Trinajstić information content (AvgIpc) is 3.17. The van der Waals surface area contributed by atoms with Crippen molar-refractivity contribution < 1.29 is 13.9 Å². The molecular formula is C27H26ClN3O3S. The first-order chi connectivity index (χ1) is 16.7. The fraction of sp³-hybridized carbons (Fsp3) is 0.222. The number of nitrogens with one attached hydrogen (secondary N) is 2. The highest BCUT2D eigenvalue weighted by Crippen LogP contribution is 2.29. The number of carbonyl (C=O) groups is 1. The number of amides is 1. The van der Waals surface area contributed by atoms with Gasteiger partial charge in [0.1, 0.15) is 11.3 Å². The number of hydrogen-bond acceptors (Lipinski definition) is 5. The molecule has 0 aliphatic carbocycles. The van der Waals surface area contributed by atoms with Crippen LogP contribution < -0.4 is 15.4 Å². The Balaban J connectivity index is 1.30. The largest absolute Gasteiger partial charge is 0.482 e. The lowest BCUT2D eigenvalue weighted by Gasteiger charge is -2.13. The summed E-state index contributed by atoms with van der Waals surface area (Å²) in [5, 5.41) is 6.28. The van der Waals surface area contributed by atoms with Crippen LogP contribution in [0.2, 0.25) is 5.02 Å². The number of ether oxygens (including phenoxy) is 1. The minimum Gasteiger partial charge on any atom is -0.482 e. The highest BCUT2D eigenvalue weighted by molar-refractivity contribution is 7.80. The van der Waals surface area contributed by atoms with Crippen molar-refractivity contribution in [2.24, 2.45) is 0 Å². The van der Waals surface area contributed by atoms with Crippen molar-refractivity contribution >= 4 is 51.6 Å². The van der Waals surface area contributed by atoms with Gasteiger partial charge in [0, 0.05) is 12.1 Å². The summed E-state index contributed by atoms with van der Waals surface area (Å²) in [4.78, 5) is 16.9. The number of aromatic nitrogens is 1. The van der Waals surface area contributed by atoms with Gasteiger partial charge >= 0.3 is 0 Å². The van der Waals surface area contributed by atoms with Gasteiger partial charge in [-0.25, -0.2) is 4.98 Å². The Morgan fingerprint density at radius 1 is 1.03 bits per heavy atom. The quantitative estimate of drug-likeness (QED) is 0.303. The van der Waals surface area contributed by atoms with Crippen LogP contribution in [-0.2, 0) is 11.2 Å². The van der Waals surface area contributed by atoms with Crippen LogP contribution in [0.15, 0.2) is 52.9 Å². The lowest BCUT2D eigenvalue weighted by molar-refractivity contribution is -0.121. The van der Waals surface area contributed by atoms with E-state index >= 15 is 0 Å². The van der Waals surface area contributed by atoms with Gasteiger partial charge in [-0.3, -0.25) is 10.1 Å². The second-order valence-corrected chi connectivity index (χ2v) is 9.41. The molecule has 35 heavy (non-hydrogen) atoms. The van der Waals surface area contributed by atoms with Crippen molar-refractivity contribution in [2.75, 3.05) is 11.9 Å². The maximum absolute atomic E-state index is 12.3. The molecular weight excluding hydrogens is 482 g/mol. The molecule has 4 aromatic rings. The number of halogens is 1. The molecule has 1 amide bonds. The lowest BCUT2D eigenvalue weighted by atomic mass is 10.1. The summed E-state index contributed by atoms with van der Waals surface area (Å²) < 4.78 is 11.6. The van der Waals surface area contributed by atoms with Crippen molar-refractivity contribution in [1.82, 2.24) is 10.3 Å². The molecule has 0 atom stereocenters. The number of fused-ring (bicyclic) bond motifs is 1. The fourth-order valence-corrected chi connectivity index (χ4v) is 4.53. The van der Waals surface area contributed by atoms with E-state index < -0.39 is 0 Å². The van der Waals surface area contributed by atoms with Gasteiger partial charge in [-0.15, -0.1) is 0 Å². The molecule has 0 saturated carbocycles. The average molecular weight is 508 g/mol. The summed E-state index contributed by atoms with van der Waals surface area (Å²) in [7, 11) is 0. The molecule has 1 heterocycles. The molecule has 180 valence electrons. The third-order valence-electron chi connectivity index (χ3n) is 5.41. The Hall–Kier alpha value is -3.42. The summed E-state index contributed by atoms with van der Waals surface area (Å²) in [6.45, 7) is 7.70. The van der Waals surface area contributed by atoms with Gasteiger partial charge in [0.15, 0.2) is 23.2 Å². The minimum atomic E-state index is -0.378. The lowest BCUT2D eigenvalue weighted by Crippen LogP contribution is -2.37. The number of aryl methyl sites for hydroxylation is 4. The van der Waals surface area contributed by atoms with Gasteiger partial charge < -0.3 is 14.5 Å². The van der Waals surface area contributed by atoms with Crippen LogP contribution in [0.25, 0.3) is 11.1 Å². The summed E-state index contributed by atoms with van der Waals surface area (Å²) in [6, 6.07) is 15.6. The van der Waals surface area contributed by atoms with E-state index in [1.54, 1.807) is 6.07 Å². The fourth-order valence-electron chi connectivity index (χ4n) is 3.93. The Morgan fingerprint density at radius 3 is 2.43 bits per heavy atom. The van der Waals surface area contributed by atoms with E-state index in [4.69, 9.17) is 33.0 Å². The van der Waals surface area contributed by atoms with Crippen molar-refractivity contribution in [2.45, 2.75) is 34.1 Å². The van der Waals surface area contributed by atoms with Crippen LogP contribution in [0.3, 0.4) is 0 Å². The SMILES string of the molecule is Cc1cc(C)c(OCC(=O)NC(=S)Nc2ccc(Cc3nc4cc(C)cc(C)c4o3)cc2)c(Cl)c1. The zero-order valence-electron chi connectivity index (χ0n) is 20.0. The van der Waals surface area contributed by atoms with Gasteiger partial charge in [0.05, 0.1) is 5.02 Å². The topological polar surface area (TPSA) is 76.4 Å². The van der Waals surface area contributed by atoms with Crippen LogP contribution >= 0.6 is 23.8 Å². The van der Waals surface area contributed by atoms with Gasteiger partial charge in [0.25, 0.3) is 5.91 Å². The molecule has 0 aliphatic rings. The van der Waals surface area contributed by atoms with Crippen molar-refractivity contribution in [3.05, 3.63) is 87.3 Å². The van der Waals surface area contributed by atoms with E-state index in [0.717, 1.165) is 44.6 Å². The number of thiocarbonyl (C=S) groups is 1. The molecule has 0 radical (unpaired) electrons. The molecule has 0 saturated heterocycles. The first-order valence-corrected chi connectivity index (χ1v) is 11.9. The van der Waals surface area contributed by atoms with Crippen LogP contribution in [0, 0.1) is 27.7 Å².